The van der Waals surface area contributed by atoms with Crippen molar-refractivity contribution >= 4 is 17.4 Å². The third-order valence-corrected chi connectivity index (χ3v) is 3.56. The maximum atomic E-state index is 6.20. The predicted octanol–water partition coefficient (Wildman–Crippen LogP) is 4.03. The molecule has 20 heavy (non-hydrogen) atoms. The molecule has 2 rings (SSSR count). The molecule has 0 bridgehead atoms. The fourth-order valence-electron chi connectivity index (χ4n) is 2.34. The molecule has 106 valence electrons. The van der Waals surface area contributed by atoms with E-state index in [-0.39, 0.29) is 0 Å². The lowest BCUT2D eigenvalue weighted by atomic mass is 10.1. The van der Waals surface area contributed by atoms with Crippen molar-refractivity contribution in [3.05, 3.63) is 52.4 Å². The summed E-state index contributed by atoms with van der Waals surface area (Å²) in [6.45, 7) is 5.05. The molecule has 0 radical (unpaired) electrons. The smallest absolute Gasteiger partial charge is 0.137 e. The second-order valence-corrected chi connectivity index (χ2v) is 5.42. The zero-order chi connectivity index (χ0) is 14.5. The van der Waals surface area contributed by atoms with Crippen molar-refractivity contribution in [3.8, 4) is 0 Å². The van der Waals surface area contributed by atoms with Gasteiger partial charge in [-0.2, -0.15) is 0 Å². The highest BCUT2D eigenvalue weighted by molar-refractivity contribution is 6.30. The highest BCUT2D eigenvalue weighted by Crippen LogP contribution is 2.25. The minimum absolute atomic E-state index is 0.563. The minimum atomic E-state index is 0.563. The van der Waals surface area contributed by atoms with Gasteiger partial charge in [0.2, 0.25) is 0 Å². The summed E-state index contributed by atoms with van der Waals surface area (Å²) < 4.78 is 0. The molecule has 0 aliphatic rings. The van der Waals surface area contributed by atoms with Crippen LogP contribution in [0.5, 0.6) is 0 Å². The van der Waals surface area contributed by atoms with E-state index in [1.807, 2.05) is 7.05 Å². The molecular formula is C16H20ClN3. The first-order valence-corrected chi connectivity index (χ1v) is 7.25. The molecule has 0 aliphatic heterocycles. The van der Waals surface area contributed by atoms with Gasteiger partial charge >= 0.3 is 0 Å². The van der Waals surface area contributed by atoms with Crippen molar-refractivity contribution in [2.75, 3.05) is 11.9 Å². The number of anilines is 1. The highest BCUT2D eigenvalue weighted by Gasteiger charge is 2.13. The van der Waals surface area contributed by atoms with Gasteiger partial charge in [-0.25, -0.2) is 9.97 Å². The second-order valence-electron chi connectivity index (χ2n) is 5.06. The Balaban J connectivity index is 2.25. The fourth-order valence-corrected chi connectivity index (χ4v) is 2.56. The molecule has 0 saturated carbocycles. The Morgan fingerprint density at radius 3 is 2.75 bits per heavy atom. The lowest BCUT2D eigenvalue weighted by molar-refractivity contribution is 0.842. The average molecular weight is 290 g/mol. The molecule has 3 nitrogen and oxygen atoms in total. The summed E-state index contributed by atoms with van der Waals surface area (Å²) in [7, 11) is 2.04. The van der Waals surface area contributed by atoms with E-state index in [0.29, 0.717) is 5.15 Å². The van der Waals surface area contributed by atoms with Crippen LogP contribution in [0.25, 0.3) is 0 Å². The number of hydrogen-bond acceptors (Lipinski definition) is 3. The van der Waals surface area contributed by atoms with Crippen LogP contribution in [-0.4, -0.2) is 17.0 Å². The van der Waals surface area contributed by atoms with E-state index < -0.39 is 0 Å². The predicted molar refractivity (Wildman–Crippen MR) is 84.3 cm³/mol. The van der Waals surface area contributed by atoms with Crippen LogP contribution in [0.3, 0.4) is 0 Å². The maximum Gasteiger partial charge on any atom is 0.137 e. The third-order valence-electron chi connectivity index (χ3n) is 3.23. The highest BCUT2D eigenvalue weighted by atomic mass is 35.5. The Morgan fingerprint density at radius 2 is 2.05 bits per heavy atom. The topological polar surface area (TPSA) is 29.0 Å². The summed E-state index contributed by atoms with van der Waals surface area (Å²) in [5.41, 5.74) is 3.57. The molecule has 0 fully saturated rings. The molecule has 1 aromatic heterocycles. The van der Waals surface area contributed by atoms with Crippen LogP contribution in [0.4, 0.5) is 5.82 Å². The van der Waals surface area contributed by atoms with Crippen LogP contribution in [0.2, 0.25) is 5.15 Å². The van der Waals surface area contributed by atoms with Gasteiger partial charge in [0.15, 0.2) is 0 Å². The average Bonchev–Trinajstić information content (AvgIpc) is 2.41. The van der Waals surface area contributed by atoms with Crippen molar-refractivity contribution in [3.63, 3.8) is 0 Å². The molecule has 1 aromatic carbocycles. The summed E-state index contributed by atoms with van der Waals surface area (Å²) in [5, 5.41) is 0.563. The second kappa shape index (κ2) is 6.71. The van der Waals surface area contributed by atoms with E-state index >= 15 is 0 Å². The van der Waals surface area contributed by atoms with Crippen molar-refractivity contribution in [1.82, 2.24) is 9.97 Å². The van der Waals surface area contributed by atoms with Crippen LogP contribution >= 0.6 is 11.6 Å². The number of rotatable bonds is 5. The minimum Gasteiger partial charge on any atom is -0.355 e. The van der Waals surface area contributed by atoms with E-state index in [1.165, 1.54) is 17.5 Å². The third kappa shape index (κ3) is 3.48. The van der Waals surface area contributed by atoms with Crippen LogP contribution < -0.4 is 4.90 Å². The molecule has 0 N–H and O–H groups in total. The van der Waals surface area contributed by atoms with Crippen molar-refractivity contribution < 1.29 is 0 Å². The van der Waals surface area contributed by atoms with Gasteiger partial charge in [-0.3, -0.25) is 0 Å². The summed E-state index contributed by atoms with van der Waals surface area (Å²) in [5.74, 6) is 0.924. The van der Waals surface area contributed by atoms with E-state index in [4.69, 9.17) is 11.6 Å². The van der Waals surface area contributed by atoms with Crippen molar-refractivity contribution in [2.24, 2.45) is 0 Å². The van der Waals surface area contributed by atoms with Crippen LogP contribution in [0, 0.1) is 6.92 Å². The zero-order valence-corrected chi connectivity index (χ0v) is 13.0. The van der Waals surface area contributed by atoms with Gasteiger partial charge in [0, 0.05) is 19.2 Å². The van der Waals surface area contributed by atoms with Crippen LogP contribution in [0.15, 0.2) is 30.6 Å². The molecule has 2 aromatic rings. The van der Waals surface area contributed by atoms with E-state index in [0.717, 1.165) is 30.8 Å². The molecule has 0 unspecified atom stereocenters. The van der Waals surface area contributed by atoms with Crippen molar-refractivity contribution in [2.45, 2.75) is 33.2 Å². The number of nitrogens with zero attached hydrogens (tertiary/aromatic N) is 3. The Morgan fingerprint density at radius 1 is 1.25 bits per heavy atom. The van der Waals surface area contributed by atoms with Gasteiger partial charge in [0.05, 0.1) is 0 Å². The SMILES string of the molecule is CCCc1c(Cl)ncnc1N(C)Cc1cccc(C)c1. The van der Waals surface area contributed by atoms with Gasteiger partial charge in [-0.15, -0.1) is 0 Å². The Labute approximate surface area is 125 Å². The summed E-state index contributed by atoms with van der Waals surface area (Å²) in [6.07, 6.45) is 3.45. The number of hydrogen-bond donors (Lipinski definition) is 0. The first-order valence-electron chi connectivity index (χ1n) is 6.88. The molecular weight excluding hydrogens is 270 g/mol. The Kier molecular flexibility index (Phi) is 4.96. The first kappa shape index (κ1) is 14.8. The van der Waals surface area contributed by atoms with Gasteiger partial charge in [0.25, 0.3) is 0 Å². The molecule has 1 heterocycles. The van der Waals surface area contributed by atoms with E-state index in [9.17, 15) is 0 Å². The number of benzene rings is 1. The molecule has 0 saturated heterocycles. The number of aromatic nitrogens is 2. The standard InChI is InChI=1S/C16H20ClN3/c1-4-6-14-15(17)18-11-19-16(14)20(3)10-13-8-5-7-12(2)9-13/h5,7-9,11H,4,6,10H2,1-3H3. The monoisotopic (exact) mass is 289 g/mol. The van der Waals surface area contributed by atoms with Crippen molar-refractivity contribution in [1.29, 1.82) is 0 Å². The summed E-state index contributed by atoms with van der Waals surface area (Å²) in [4.78, 5) is 10.6. The Hall–Kier alpha value is -1.61. The molecule has 4 heteroatoms. The van der Waals surface area contributed by atoms with Crippen LogP contribution in [-0.2, 0) is 13.0 Å². The number of halogens is 1. The number of aryl methyl sites for hydroxylation is 1. The van der Waals surface area contributed by atoms with E-state index in [2.05, 4.69) is 53.0 Å². The lowest BCUT2D eigenvalue weighted by Crippen LogP contribution is -2.20. The normalized spacial score (nSPS) is 10.6. The largest absolute Gasteiger partial charge is 0.355 e. The van der Waals surface area contributed by atoms with Gasteiger partial charge in [-0.1, -0.05) is 54.8 Å². The molecule has 0 atom stereocenters. The fraction of sp³-hybridized carbons (Fsp3) is 0.375. The van der Waals surface area contributed by atoms with Gasteiger partial charge < -0.3 is 4.90 Å². The van der Waals surface area contributed by atoms with Gasteiger partial charge in [0.1, 0.15) is 17.3 Å². The Bertz CT molecular complexity index is 584. The maximum absolute atomic E-state index is 6.20. The summed E-state index contributed by atoms with van der Waals surface area (Å²) >= 11 is 6.20. The van der Waals surface area contributed by atoms with E-state index in [1.54, 1.807) is 0 Å². The molecule has 0 spiro atoms. The molecule has 0 amide bonds. The lowest BCUT2D eigenvalue weighted by Gasteiger charge is -2.21. The first-order chi connectivity index (χ1) is 9.61. The van der Waals surface area contributed by atoms with Gasteiger partial charge in [-0.05, 0) is 18.9 Å². The quantitative estimate of drug-likeness (QED) is 0.778. The zero-order valence-electron chi connectivity index (χ0n) is 12.2. The van der Waals surface area contributed by atoms with Crippen LogP contribution in [0.1, 0.15) is 30.0 Å². The summed E-state index contributed by atoms with van der Waals surface area (Å²) in [6, 6.07) is 8.51. The molecule has 0 aliphatic carbocycles.